The number of aromatic nitrogens is 2. The summed E-state index contributed by atoms with van der Waals surface area (Å²) in [5.74, 6) is -0.582. The first-order valence-corrected chi connectivity index (χ1v) is 4.35. The van der Waals surface area contributed by atoms with Crippen molar-refractivity contribution in [1.82, 2.24) is 15.3 Å². The molecular formula is C8H13N3O4. The Kier molecular flexibility index (Phi) is 3.78. The molecular weight excluding hydrogens is 202 g/mol. The summed E-state index contributed by atoms with van der Waals surface area (Å²) >= 11 is 0. The molecule has 0 aromatic carbocycles. The minimum absolute atomic E-state index is 0.0922. The van der Waals surface area contributed by atoms with Crippen molar-refractivity contribution in [2.45, 2.75) is 12.2 Å². The maximum absolute atomic E-state index is 11.2. The van der Waals surface area contributed by atoms with Gasteiger partial charge in [-0.2, -0.15) is 0 Å². The van der Waals surface area contributed by atoms with Gasteiger partial charge in [-0.05, 0) is 7.05 Å². The van der Waals surface area contributed by atoms with Crippen molar-refractivity contribution in [3.63, 3.8) is 0 Å². The van der Waals surface area contributed by atoms with E-state index in [1.54, 1.807) is 7.05 Å². The monoisotopic (exact) mass is 215 g/mol. The fraction of sp³-hybridized carbons (Fsp3) is 0.500. The van der Waals surface area contributed by atoms with Gasteiger partial charge >= 0.3 is 0 Å². The fourth-order valence-electron chi connectivity index (χ4n) is 1.18. The first-order valence-electron chi connectivity index (χ1n) is 4.35. The van der Waals surface area contributed by atoms with E-state index in [-0.39, 0.29) is 12.1 Å². The Hall–Kier alpha value is -1.44. The molecule has 1 heterocycles. The number of nitrogens with one attached hydrogen (secondary N) is 2. The second kappa shape index (κ2) is 4.87. The summed E-state index contributed by atoms with van der Waals surface area (Å²) in [4.78, 5) is 16.9. The third-order valence-corrected chi connectivity index (χ3v) is 1.94. The molecule has 0 fully saturated rings. The number of aliphatic hydroxyl groups is 2. The first-order chi connectivity index (χ1) is 7.07. The SMILES string of the molecule is CNCC(O)C(O)c1c(O)nc[nH]c1=O. The Labute approximate surface area is 85.4 Å². The van der Waals surface area contributed by atoms with Crippen molar-refractivity contribution >= 4 is 0 Å². The number of hydrogen-bond donors (Lipinski definition) is 5. The molecule has 2 unspecified atom stereocenters. The third-order valence-electron chi connectivity index (χ3n) is 1.94. The summed E-state index contributed by atoms with van der Waals surface area (Å²) < 4.78 is 0. The Morgan fingerprint density at radius 2 is 2.27 bits per heavy atom. The van der Waals surface area contributed by atoms with E-state index in [0.717, 1.165) is 6.33 Å². The smallest absolute Gasteiger partial charge is 0.260 e. The minimum Gasteiger partial charge on any atom is -0.493 e. The van der Waals surface area contributed by atoms with E-state index in [9.17, 15) is 20.1 Å². The first kappa shape index (κ1) is 11.6. The highest BCUT2D eigenvalue weighted by atomic mass is 16.3. The van der Waals surface area contributed by atoms with E-state index in [0.29, 0.717) is 0 Å². The minimum atomic E-state index is -1.48. The number of hydrogen-bond acceptors (Lipinski definition) is 6. The van der Waals surface area contributed by atoms with Crippen LogP contribution in [0.3, 0.4) is 0 Å². The van der Waals surface area contributed by atoms with Gasteiger partial charge in [0.25, 0.3) is 5.56 Å². The van der Waals surface area contributed by atoms with Crippen molar-refractivity contribution in [2.24, 2.45) is 0 Å². The molecule has 0 aliphatic rings. The number of nitrogens with zero attached hydrogens (tertiary/aromatic N) is 1. The van der Waals surface area contributed by atoms with Gasteiger partial charge in [-0.15, -0.1) is 0 Å². The van der Waals surface area contributed by atoms with Crippen molar-refractivity contribution in [1.29, 1.82) is 0 Å². The third kappa shape index (κ3) is 2.52. The molecule has 0 saturated heterocycles. The van der Waals surface area contributed by atoms with E-state index >= 15 is 0 Å². The van der Waals surface area contributed by atoms with Crippen molar-refractivity contribution in [3.8, 4) is 5.88 Å². The van der Waals surface area contributed by atoms with Crippen LogP contribution in [0.25, 0.3) is 0 Å². The second-order valence-corrected chi connectivity index (χ2v) is 3.04. The molecule has 7 heteroatoms. The lowest BCUT2D eigenvalue weighted by molar-refractivity contribution is 0.0176. The van der Waals surface area contributed by atoms with Crippen LogP contribution in [-0.4, -0.2) is 45.0 Å². The average molecular weight is 215 g/mol. The highest BCUT2D eigenvalue weighted by Crippen LogP contribution is 2.19. The fourth-order valence-corrected chi connectivity index (χ4v) is 1.18. The van der Waals surface area contributed by atoms with Gasteiger partial charge in [0.2, 0.25) is 5.88 Å². The summed E-state index contributed by atoms with van der Waals surface area (Å²) in [6, 6.07) is 0. The number of likely N-dealkylation sites (N-methyl/N-ethyl adjacent to an activating group) is 1. The predicted molar refractivity (Wildman–Crippen MR) is 51.4 cm³/mol. The number of H-pyrrole nitrogens is 1. The predicted octanol–water partition coefficient (Wildman–Crippen LogP) is -1.91. The van der Waals surface area contributed by atoms with Crippen LogP contribution in [0, 0.1) is 0 Å². The molecule has 0 amide bonds. The van der Waals surface area contributed by atoms with E-state index in [2.05, 4.69) is 15.3 Å². The van der Waals surface area contributed by atoms with Crippen molar-refractivity contribution < 1.29 is 15.3 Å². The molecule has 0 aliphatic carbocycles. The number of rotatable bonds is 4. The van der Waals surface area contributed by atoms with Crippen LogP contribution in [-0.2, 0) is 0 Å². The second-order valence-electron chi connectivity index (χ2n) is 3.04. The lowest BCUT2D eigenvalue weighted by atomic mass is 10.1. The van der Waals surface area contributed by atoms with E-state index < -0.39 is 23.6 Å². The molecule has 0 spiro atoms. The standard InChI is InChI=1S/C8H13N3O4/c1-9-2-4(12)6(13)5-7(14)10-3-11-8(5)15/h3-4,6,9,12-13H,2H2,1H3,(H2,10,11,14,15). The normalized spacial score (nSPS) is 14.9. The zero-order valence-electron chi connectivity index (χ0n) is 8.14. The Bertz CT molecular complexity index is 378. The lowest BCUT2D eigenvalue weighted by Gasteiger charge is -2.16. The lowest BCUT2D eigenvalue weighted by Crippen LogP contribution is -2.32. The summed E-state index contributed by atoms with van der Waals surface area (Å²) in [5.41, 5.74) is -1.01. The molecule has 1 aromatic rings. The summed E-state index contributed by atoms with van der Waals surface area (Å²) in [6.45, 7) is 0.0922. The van der Waals surface area contributed by atoms with Crippen molar-refractivity contribution in [2.75, 3.05) is 13.6 Å². The molecule has 5 N–H and O–H groups in total. The van der Waals surface area contributed by atoms with E-state index in [1.807, 2.05) is 0 Å². The Balaban J connectivity index is 3.00. The van der Waals surface area contributed by atoms with Gasteiger partial charge in [0.05, 0.1) is 12.4 Å². The van der Waals surface area contributed by atoms with Gasteiger partial charge in [-0.1, -0.05) is 0 Å². The molecule has 84 valence electrons. The largest absolute Gasteiger partial charge is 0.493 e. The molecule has 1 aromatic heterocycles. The zero-order valence-corrected chi connectivity index (χ0v) is 8.14. The van der Waals surface area contributed by atoms with Gasteiger partial charge in [0.15, 0.2) is 0 Å². The maximum Gasteiger partial charge on any atom is 0.260 e. The van der Waals surface area contributed by atoms with Gasteiger partial charge < -0.3 is 25.6 Å². The molecule has 15 heavy (non-hydrogen) atoms. The molecule has 0 aliphatic heterocycles. The molecule has 0 bridgehead atoms. The molecule has 0 radical (unpaired) electrons. The van der Waals surface area contributed by atoms with Crippen LogP contribution in [0.4, 0.5) is 0 Å². The molecule has 7 nitrogen and oxygen atoms in total. The van der Waals surface area contributed by atoms with Crippen LogP contribution < -0.4 is 10.9 Å². The number of aromatic amines is 1. The molecule has 0 saturated carbocycles. The van der Waals surface area contributed by atoms with Crippen LogP contribution in [0.15, 0.2) is 11.1 Å². The number of aliphatic hydroxyl groups excluding tert-OH is 2. The van der Waals surface area contributed by atoms with E-state index in [1.165, 1.54) is 0 Å². The average Bonchev–Trinajstić information content (AvgIpc) is 2.17. The van der Waals surface area contributed by atoms with Crippen molar-refractivity contribution in [3.05, 3.63) is 22.2 Å². The topological polar surface area (TPSA) is 118 Å². The highest BCUT2D eigenvalue weighted by Gasteiger charge is 2.24. The molecule has 2 atom stereocenters. The molecule has 1 rings (SSSR count). The highest BCUT2D eigenvalue weighted by molar-refractivity contribution is 5.24. The van der Waals surface area contributed by atoms with Gasteiger partial charge in [-0.25, -0.2) is 4.98 Å². The van der Waals surface area contributed by atoms with Gasteiger partial charge in [0, 0.05) is 6.54 Å². The van der Waals surface area contributed by atoms with Gasteiger partial charge in [-0.3, -0.25) is 4.79 Å². The Morgan fingerprint density at radius 1 is 1.60 bits per heavy atom. The van der Waals surface area contributed by atoms with Crippen LogP contribution in [0.1, 0.15) is 11.7 Å². The Morgan fingerprint density at radius 3 is 2.80 bits per heavy atom. The number of aromatic hydroxyl groups is 1. The summed E-state index contributed by atoms with van der Waals surface area (Å²) in [6.07, 6.45) is -1.65. The van der Waals surface area contributed by atoms with Gasteiger partial charge in [0.1, 0.15) is 11.7 Å². The van der Waals surface area contributed by atoms with Crippen LogP contribution in [0.5, 0.6) is 5.88 Å². The summed E-state index contributed by atoms with van der Waals surface area (Å²) in [5, 5.41) is 30.9. The van der Waals surface area contributed by atoms with Crippen LogP contribution in [0.2, 0.25) is 0 Å². The summed E-state index contributed by atoms with van der Waals surface area (Å²) in [7, 11) is 1.59. The van der Waals surface area contributed by atoms with E-state index in [4.69, 9.17) is 0 Å². The maximum atomic E-state index is 11.2. The van der Waals surface area contributed by atoms with Crippen LogP contribution >= 0.6 is 0 Å². The quantitative estimate of drug-likeness (QED) is 0.400. The zero-order chi connectivity index (χ0) is 11.4.